The molecule has 2 aromatic carbocycles. The summed E-state index contributed by atoms with van der Waals surface area (Å²) < 4.78 is 6.63. The number of carbonyl (C=O) groups excluding carboxylic acids is 1. The summed E-state index contributed by atoms with van der Waals surface area (Å²) in [7, 11) is 0. The van der Waals surface area contributed by atoms with Crippen LogP contribution in [-0.4, -0.2) is 25.5 Å². The number of halogens is 1. The van der Waals surface area contributed by atoms with Gasteiger partial charge in [0.1, 0.15) is 5.69 Å². The number of nitro groups is 2. The number of ether oxygens (including phenoxy) is 1. The number of nitro benzene ring substituents is 2. The number of anilines is 1. The lowest BCUT2D eigenvalue weighted by molar-refractivity contribution is -0.386. The fourth-order valence-corrected chi connectivity index (χ4v) is 2.53. The average Bonchev–Trinajstić information content (AvgIpc) is 3.17. The van der Waals surface area contributed by atoms with Gasteiger partial charge in [-0.15, -0.1) is 0 Å². The van der Waals surface area contributed by atoms with E-state index in [1.54, 1.807) is 6.07 Å². The molecule has 1 heterocycles. The van der Waals surface area contributed by atoms with Crippen LogP contribution in [0.25, 0.3) is 0 Å². The Morgan fingerprint density at radius 3 is 2.55 bits per heavy atom. The van der Waals surface area contributed by atoms with Crippen LogP contribution in [-0.2, 0) is 6.73 Å². The SMILES string of the molecule is O=C(Nc1ccc(Cl)cc1[N+](=O)[O-])c1ccn(COc2ccccc2[N+](=O)[O-])n1. The summed E-state index contributed by atoms with van der Waals surface area (Å²) in [6.07, 6.45) is 1.43. The summed E-state index contributed by atoms with van der Waals surface area (Å²) >= 11 is 5.74. The first-order valence-corrected chi connectivity index (χ1v) is 8.38. The van der Waals surface area contributed by atoms with Gasteiger partial charge in [0.15, 0.2) is 18.2 Å². The molecule has 0 saturated heterocycles. The monoisotopic (exact) mass is 417 g/mol. The third kappa shape index (κ3) is 4.65. The first kappa shape index (κ1) is 19.8. The molecular formula is C17H12ClN5O6. The van der Waals surface area contributed by atoms with Crippen molar-refractivity contribution in [1.29, 1.82) is 0 Å². The minimum absolute atomic E-state index is 0.0274. The van der Waals surface area contributed by atoms with E-state index in [9.17, 15) is 25.0 Å². The molecule has 29 heavy (non-hydrogen) atoms. The van der Waals surface area contributed by atoms with E-state index < -0.39 is 15.8 Å². The Labute approximate surface area is 167 Å². The molecule has 0 atom stereocenters. The second kappa shape index (κ2) is 8.35. The minimum atomic E-state index is -0.681. The third-order valence-electron chi connectivity index (χ3n) is 3.69. The molecule has 148 valence electrons. The molecule has 12 heteroatoms. The van der Waals surface area contributed by atoms with Gasteiger partial charge >= 0.3 is 5.69 Å². The Hall–Kier alpha value is -3.99. The van der Waals surface area contributed by atoms with E-state index in [2.05, 4.69) is 10.4 Å². The van der Waals surface area contributed by atoms with Gasteiger partial charge in [-0.1, -0.05) is 23.7 Å². The number of rotatable bonds is 7. The van der Waals surface area contributed by atoms with Gasteiger partial charge in [-0.25, -0.2) is 4.68 Å². The van der Waals surface area contributed by atoms with E-state index >= 15 is 0 Å². The quantitative estimate of drug-likeness (QED) is 0.456. The molecule has 0 spiro atoms. The van der Waals surface area contributed by atoms with Crippen molar-refractivity contribution in [3.63, 3.8) is 0 Å². The zero-order valence-electron chi connectivity index (χ0n) is 14.5. The maximum absolute atomic E-state index is 12.3. The molecule has 11 nitrogen and oxygen atoms in total. The summed E-state index contributed by atoms with van der Waals surface area (Å²) in [5.41, 5.74) is -0.617. The molecule has 0 aliphatic carbocycles. The van der Waals surface area contributed by atoms with Gasteiger partial charge < -0.3 is 10.1 Å². The van der Waals surface area contributed by atoms with Gasteiger partial charge in [0.2, 0.25) is 0 Å². The van der Waals surface area contributed by atoms with Crippen LogP contribution in [0.5, 0.6) is 5.75 Å². The van der Waals surface area contributed by atoms with Gasteiger partial charge in [-0.3, -0.25) is 25.0 Å². The minimum Gasteiger partial charge on any atom is -0.464 e. The van der Waals surface area contributed by atoms with Gasteiger partial charge in [-0.05, 0) is 24.3 Å². The highest BCUT2D eigenvalue weighted by molar-refractivity contribution is 6.31. The summed E-state index contributed by atoms with van der Waals surface area (Å²) in [5, 5.41) is 28.7. The van der Waals surface area contributed by atoms with Crippen molar-refractivity contribution < 1.29 is 19.4 Å². The maximum atomic E-state index is 12.3. The summed E-state index contributed by atoms with van der Waals surface area (Å²) in [6, 6.07) is 11.1. The first-order valence-electron chi connectivity index (χ1n) is 8.00. The Balaban J connectivity index is 1.70. The molecule has 0 bridgehead atoms. The van der Waals surface area contributed by atoms with Gasteiger partial charge in [0, 0.05) is 23.4 Å². The molecule has 1 amide bonds. The van der Waals surface area contributed by atoms with Gasteiger partial charge in [0.25, 0.3) is 11.6 Å². The third-order valence-corrected chi connectivity index (χ3v) is 3.93. The maximum Gasteiger partial charge on any atom is 0.311 e. The van der Waals surface area contributed by atoms with E-state index in [4.69, 9.17) is 16.3 Å². The summed E-state index contributed by atoms with van der Waals surface area (Å²) in [4.78, 5) is 33.2. The number of carbonyl (C=O) groups is 1. The number of para-hydroxylation sites is 2. The number of hydrogen-bond acceptors (Lipinski definition) is 7. The van der Waals surface area contributed by atoms with Gasteiger partial charge in [-0.2, -0.15) is 5.10 Å². The van der Waals surface area contributed by atoms with E-state index in [-0.39, 0.29) is 40.3 Å². The molecule has 0 aliphatic heterocycles. The zero-order valence-corrected chi connectivity index (χ0v) is 15.3. The van der Waals surface area contributed by atoms with Crippen LogP contribution in [0.1, 0.15) is 10.5 Å². The average molecular weight is 418 g/mol. The topological polar surface area (TPSA) is 142 Å². The number of amides is 1. The van der Waals surface area contributed by atoms with Crippen molar-refractivity contribution in [3.8, 4) is 5.75 Å². The standard InChI is InChI=1S/C17H12ClN5O6/c18-11-5-6-12(15(9-11)23(27)28)19-17(24)13-7-8-21(20-13)10-29-16-4-2-1-3-14(16)22(25)26/h1-9H,10H2,(H,19,24). The van der Waals surface area contributed by atoms with Crippen molar-refractivity contribution in [2.24, 2.45) is 0 Å². The highest BCUT2D eigenvalue weighted by Crippen LogP contribution is 2.28. The highest BCUT2D eigenvalue weighted by Gasteiger charge is 2.19. The van der Waals surface area contributed by atoms with Crippen LogP contribution >= 0.6 is 11.6 Å². The van der Waals surface area contributed by atoms with E-state index in [0.29, 0.717) is 0 Å². The lowest BCUT2D eigenvalue weighted by Gasteiger charge is -2.07. The molecular weight excluding hydrogens is 406 g/mol. The molecule has 1 aromatic heterocycles. The molecule has 0 unspecified atom stereocenters. The molecule has 3 aromatic rings. The number of benzene rings is 2. The molecule has 0 fully saturated rings. The number of hydrogen-bond donors (Lipinski definition) is 1. The highest BCUT2D eigenvalue weighted by atomic mass is 35.5. The molecule has 1 N–H and O–H groups in total. The van der Waals surface area contributed by atoms with Crippen LogP contribution in [0.2, 0.25) is 5.02 Å². The molecule has 3 rings (SSSR count). The Bertz CT molecular complexity index is 1100. The lowest BCUT2D eigenvalue weighted by Crippen LogP contribution is -2.15. The predicted octanol–water partition coefficient (Wildman–Crippen LogP) is 3.64. The zero-order chi connectivity index (χ0) is 21.0. The van der Waals surface area contributed by atoms with Crippen LogP contribution in [0.15, 0.2) is 54.7 Å². The molecule has 0 radical (unpaired) electrons. The second-order valence-corrected chi connectivity index (χ2v) is 6.05. The summed E-state index contributed by atoms with van der Waals surface area (Å²) in [5.74, 6) is -0.629. The van der Waals surface area contributed by atoms with Crippen molar-refractivity contribution in [2.45, 2.75) is 6.73 Å². The lowest BCUT2D eigenvalue weighted by atomic mass is 10.2. The normalized spacial score (nSPS) is 10.4. The smallest absolute Gasteiger partial charge is 0.311 e. The predicted molar refractivity (Wildman–Crippen MR) is 102 cm³/mol. The van der Waals surface area contributed by atoms with E-state index in [1.807, 2.05) is 0 Å². The number of aromatic nitrogens is 2. The van der Waals surface area contributed by atoms with Crippen LogP contribution in [0.4, 0.5) is 17.1 Å². The van der Waals surface area contributed by atoms with Crippen LogP contribution < -0.4 is 10.1 Å². The second-order valence-electron chi connectivity index (χ2n) is 5.61. The van der Waals surface area contributed by atoms with Crippen molar-refractivity contribution in [1.82, 2.24) is 9.78 Å². The fourth-order valence-electron chi connectivity index (χ4n) is 2.37. The summed E-state index contributed by atoms with van der Waals surface area (Å²) in [6.45, 7) is -0.181. The fraction of sp³-hybridized carbons (Fsp3) is 0.0588. The van der Waals surface area contributed by atoms with Crippen molar-refractivity contribution >= 4 is 34.6 Å². The van der Waals surface area contributed by atoms with Crippen LogP contribution in [0, 0.1) is 20.2 Å². The largest absolute Gasteiger partial charge is 0.464 e. The van der Waals surface area contributed by atoms with E-state index in [0.717, 1.165) is 6.07 Å². The number of nitrogens with one attached hydrogen (secondary N) is 1. The molecule has 0 saturated carbocycles. The Morgan fingerprint density at radius 1 is 1.10 bits per heavy atom. The Morgan fingerprint density at radius 2 is 1.83 bits per heavy atom. The molecule has 0 aliphatic rings. The van der Waals surface area contributed by atoms with Crippen LogP contribution in [0.3, 0.4) is 0 Å². The van der Waals surface area contributed by atoms with E-state index in [1.165, 1.54) is 47.3 Å². The Kier molecular flexibility index (Phi) is 5.69. The first-order chi connectivity index (χ1) is 13.8. The van der Waals surface area contributed by atoms with Crippen molar-refractivity contribution in [2.75, 3.05) is 5.32 Å². The van der Waals surface area contributed by atoms with Gasteiger partial charge in [0.05, 0.1) is 9.85 Å². The number of nitrogens with zero attached hydrogens (tertiary/aromatic N) is 4. The van der Waals surface area contributed by atoms with Crippen molar-refractivity contribution in [3.05, 3.63) is 85.7 Å².